The second kappa shape index (κ2) is 6.71. The van der Waals surface area contributed by atoms with Crippen LogP contribution in [-0.4, -0.2) is 37.9 Å². The molecule has 120 valence electrons. The first kappa shape index (κ1) is 14.7. The molecule has 4 rings (SSSR count). The van der Waals surface area contributed by atoms with Crippen LogP contribution in [0.5, 0.6) is 0 Å². The van der Waals surface area contributed by atoms with Crippen molar-refractivity contribution in [1.82, 2.24) is 10.6 Å². The van der Waals surface area contributed by atoms with E-state index in [9.17, 15) is 0 Å². The predicted octanol–water partition coefficient (Wildman–Crippen LogP) is 2.56. The quantitative estimate of drug-likeness (QED) is 0.852. The zero-order valence-corrected chi connectivity index (χ0v) is 13.5. The molecule has 4 heteroatoms. The SMILES string of the molecule is C(=Cc1ccc(C2=NCCN2)cc1)c1ccc(C2=NCCN2)cc1. The summed E-state index contributed by atoms with van der Waals surface area (Å²) in [6.07, 6.45) is 4.27. The Morgan fingerprint density at radius 3 is 1.38 bits per heavy atom. The Hall–Kier alpha value is -2.88. The van der Waals surface area contributed by atoms with E-state index in [0.717, 1.165) is 49.0 Å². The molecule has 0 saturated carbocycles. The molecule has 2 aromatic carbocycles. The van der Waals surface area contributed by atoms with Crippen molar-refractivity contribution in [3.05, 3.63) is 70.8 Å². The maximum absolute atomic E-state index is 4.44. The third kappa shape index (κ3) is 3.23. The second-order valence-corrected chi connectivity index (χ2v) is 5.89. The van der Waals surface area contributed by atoms with E-state index in [1.807, 2.05) is 0 Å². The maximum Gasteiger partial charge on any atom is 0.128 e. The lowest BCUT2D eigenvalue weighted by atomic mass is 10.1. The second-order valence-electron chi connectivity index (χ2n) is 5.89. The van der Waals surface area contributed by atoms with Gasteiger partial charge < -0.3 is 10.6 Å². The van der Waals surface area contributed by atoms with Crippen LogP contribution in [-0.2, 0) is 0 Å². The fraction of sp³-hybridized carbons (Fsp3) is 0.200. The minimum absolute atomic E-state index is 0.870. The Kier molecular flexibility index (Phi) is 4.11. The molecule has 4 nitrogen and oxygen atoms in total. The highest BCUT2D eigenvalue weighted by atomic mass is 15.1. The normalized spacial score (nSPS) is 16.7. The molecule has 0 fully saturated rings. The standard InChI is InChI=1S/C20H20N4/c1(15-3-7-17(8-4-15)19-21-11-12-22-19)2-16-5-9-18(10-6-16)20-23-13-14-24-20/h1-10H,11-14H2,(H,21,22)(H,23,24). The van der Waals surface area contributed by atoms with Crippen LogP contribution in [0.25, 0.3) is 12.2 Å². The number of aliphatic imine (C=N–C) groups is 2. The van der Waals surface area contributed by atoms with Crippen LogP contribution < -0.4 is 10.6 Å². The summed E-state index contributed by atoms with van der Waals surface area (Å²) in [5.74, 6) is 2.01. The lowest BCUT2D eigenvalue weighted by Crippen LogP contribution is -2.19. The molecule has 2 heterocycles. The van der Waals surface area contributed by atoms with E-state index in [1.165, 1.54) is 11.1 Å². The Morgan fingerprint density at radius 1 is 0.625 bits per heavy atom. The topological polar surface area (TPSA) is 48.8 Å². The summed E-state index contributed by atoms with van der Waals surface area (Å²) in [4.78, 5) is 8.89. The first-order valence-electron chi connectivity index (χ1n) is 8.34. The number of nitrogens with zero attached hydrogens (tertiary/aromatic N) is 2. The van der Waals surface area contributed by atoms with Gasteiger partial charge in [-0.2, -0.15) is 0 Å². The highest BCUT2D eigenvalue weighted by Crippen LogP contribution is 2.12. The number of hydrogen-bond donors (Lipinski definition) is 2. The number of hydrogen-bond acceptors (Lipinski definition) is 4. The monoisotopic (exact) mass is 316 g/mol. The van der Waals surface area contributed by atoms with Crippen molar-refractivity contribution in [1.29, 1.82) is 0 Å². The van der Waals surface area contributed by atoms with Crippen molar-refractivity contribution in [2.75, 3.05) is 26.2 Å². The third-order valence-corrected chi connectivity index (χ3v) is 4.18. The highest BCUT2D eigenvalue weighted by molar-refractivity contribution is 6.00. The minimum Gasteiger partial charge on any atom is -0.368 e. The van der Waals surface area contributed by atoms with Gasteiger partial charge in [-0.1, -0.05) is 60.7 Å². The van der Waals surface area contributed by atoms with E-state index in [4.69, 9.17) is 0 Å². The Bertz CT molecular complexity index is 729. The highest BCUT2D eigenvalue weighted by Gasteiger charge is 2.07. The van der Waals surface area contributed by atoms with Crippen molar-refractivity contribution in [2.24, 2.45) is 9.98 Å². The molecule has 0 bridgehead atoms. The van der Waals surface area contributed by atoms with Gasteiger partial charge >= 0.3 is 0 Å². The van der Waals surface area contributed by atoms with E-state index in [-0.39, 0.29) is 0 Å². The molecule has 24 heavy (non-hydrogen) atoms. The minimum atomic E-state index is 0.870. The zero-order chi connectivity index (χ0) is 16.2. The van der Waals surface area contributed by atoms with Crippen LogP contribution in [0.15, 0.2) is 58.5 Å². The molecule has 0 spiro atoms. The largest absolute Gasteiger partial charge is 0.368 e. The first-order valence-corrected chi connectivity index (χ1v) is 8.34. The lowest BCUT2D eigenvalue weighted by Gasteiger charge is -2.03. The van der Waals surface area contributed by atoms with Gasteiger partial charge in [-0.15, -0.1) is 0 Å². The van der Waals surface area contributed by atoms with Crippen LogP contribution in [0.1, 0.15) is 22.3 Å². The molecule has 0 atom stereocenters. The Labute approximate surface area is 142 Å². The molecule has 2 N–H and O–H groups in total. The van der Waals surface area contributed by atoms with E-state index in [2.05, 4.69) is 81.3 Å². The summed E-state index contributed by atoms with van der Waals surface area (Å²) >= 11 is 0. The molecule has 0 saturated heterocycles. The molecule has 2 aromatic rings. The molecule has 2 aliphatic rings. The summed E-state index contributed by atoms with van der Waals surface area (Å²) in [5, 5.41) is 6.59. The smallest absolute Gasteiger partial charge is 0.128 e. The number of amidine groups is 2. The van der Waals surface area contributed by atoms with Gasteiger partial charge in [-0.25, -0.2) is 0 Å². The van der Waals surface area contributed by atoms with Gasteiger partial charge in [0.25, 0.3) is 0 Å². The molecule has 0 amide bonds. The lowest BCUT2D eigenvalue weighted by molar-refractivity contribution is 0.960. The molecule has 0 aliphatic carbocycles. The fourth-order valence-corrected chi connectivity index (χ4v) is 2.88. The summed E-state index contributed by atoms with van der Waals surface area (Å²) < 4.78 is 0. The Morgan fingerprint density at radius 2 is 1.04 bits per heavy atom. The van der Waals surface area contributed by atoms with E-state index < -0.39 is 0 Å². The van der Waals surface area contributed by atoms with E-state index >= 15 is 0 Å². The van der Waals surface area contributed by atoms with Crippen LogP contribution in [0, 0.1) is 0 Å². The fourth-order valence-electron chi connectivity index (χ4n) is 2.88. The average molecular weight is 316 g/mol. The molecular weight excluding hydrogens is 296 g/mol. The van der Waals surface area contributed by atoms with Crippen LogP contribution in [0.3, 0.4) is 0 Å². The van der Waals surface area contributed by atoms with Gasteiger partial charge in [0.1, 0.15) is 11.7 Å². The summed E-state index contributed by atoms with van der Waals surface area (Å²) in [5.41, 5.74) is 4.67. The van der Waals surface area contributed by atoms with Crippen molar-refractivity contribution < 1.29 is 0 Å². The number of benzene rings is 2. The molecule has 0 unspecified atom stereocenters. The zero-order valence-electron chi connectivity index (χ0n) is 13.5. The molecule has 0 radical (unpaired) electrons. The van der Waals surface area contributed by atoms with Crippen molar-refractivity contribution >= 4 is 23.8 Å². The van der Waals surface area contributed by atoms with Crippen molar-refractivity contribution in [3.63, 3.8) is 0 Å². The van der Waals surface area contributed by atoms with Gasteiger partial charge in [-0.3, -0.25) is 9.98 Å². The van der Waals surface area contributed by atoms with E-state index in [1.54, 1.807) is 0 Å². The van der Waals surface area contributed by atoms with Crippen molar-refractivity contribution in [3.8, 4) is 0 Å². The van der Waals surface area contributed by atoms with Crippen LogP contribution in [0.4, 0.5) is 0 Å². The summed E-state index contributed by atoms with van der Waals surface area (Å²) in [7, 11) is 0. The van der Waals surface area contributed by atoms with Gasteiger partial charge in [0, 0.05) is 24.2 Å². The Balaban J connectivity index is 1.44. The maximum atomic E-state index is 4.44. The van der Waals surface area contributed by atoms with Crippen LogP contribution in [0.2, 0.25) is 0 Å². The van der Waals surface area contributed by atoms with Gasteiger partial charge in [0.15, 0.2) is 0 Å². The average Bonchev–Trinajstić information content (AvgIpc) is 3.34. The molecule has 2 aliphatic heterocycles. The van der Waals surface area contributed by atoms with Gasteiger partial charge in [0.2, 0.25) is 0 Å². The molecular formula is C20H20N4. The third-order valence-electron chi connectivity index (χ3n) is 4.18. The van der Waals surface area contributed by atoms with Crippen LogP contribution >= 0.6 is 0 Å². The summed E-state index contributed by atoms with van der Waals surface area (Å²) in [6, 6.07) is 17.0. The number of nitrogens with one attached hydrogen (secondary N) is 2. The predicted molar refractivity (Wildman–Crippen MR) is 101 cm³/mol. The first-order chi connectivity index (χ1) is 11.9. The van der Waals surface area contributed by atoms with E-state index in [0.29, 0.717) is 0 Å². The van der Waals surface area contributed by atoms with Gasteiger partial charge in [0.05, 0.1) is 13.1 Å². The summed E-state index contributed by atoms with van der Waals surface area (Å²) in [6.45, 7) is 3.62. The number of rotatable bonds is 4. The molecule has 0 aromatic heterocycles. The van der Waals surface area contributed by atoms with Gasteiger partial charge in [-0.05, 0) is 11.1 Å². The van der Waals surface area contributed by atoms with Crippen molar-refractivity contribution in [2.45, 2.75) is 0 Å².